The van der Waals surface area contributed by atoms with Gasteiger partial charge in [-0.3, -0.25) is 72.1 Å². The highest BCUT2D eigenvalue weighted by Gasteiger charge is 2.35. The summed E-state index contributed by atoms with van der Waals surface area (Å²) in [6, 6.07) is 14.0. The van der Waals surface area contributed by atoms with Gasteiger partial charge < -0.3 is 141 Å². The molecule has 782 valence electrons. The zero-order chi connectivity index (χ0) is 100. The van der Waals surface area contributed by atoms with Crippen molar-refractivity contribution in [1.29, 1.82) is 0 Å². The molecular formula is C91H148N12O35. The van der Waals surface area contributed by atoms with Crippen LogP contribution >= 0.6 is 0 Å². The quantitative estimate of drug-likeness (QED) is 0.0103. The van der Waals surface area contributed by atoms with Crippen LogP contribution in [0.3, 0.4) is 0 Å². The number of aliphatic hydroxyl groups excluding tert-OH is 4. The molecule has 0 bridgehead atoms. The molecule has 3 fully saturated rings. The summed E-state index contributed by atoms with van der Waals surface area (Å²) in [6.45, 7) is 24.4. The summed E-state index contributed by atoms with van der Waals surface area (Å²) in [6.07, 6.45) is 5.01. The number of aldehydes is 2. The molecule has 3 aliphatic heterocycles. The zero-order valence-corrected chi connectivity index (χ0v) is 80.5. The fraction of sp³-hybridized carbons (Fsp3) is 0.681. The molecule has 3 aromatic carbocycles. The van der Waals surface area contributed by atoms with Crippen molar-refractivity contribution in [2.45, 2.75) is 83.3 Å². The van der Waals surface area contributed by atoms with Crippen LogP contribution in [-0.2, 0) is 154 Å². The number of nitrogens with zero attached hydrogens (tertiary/aromatic N) is 6. The molecule has 0 spiro atoms. The summed E-state index contributed by atoms with van der Waals surface area (Å²) >= 11 is 0. The molecule has 3 saturated heterocycles. The van der Waals surface area contributed by atoms with Crippen molar-refractivity contribution in [3.05, 3.63) is 86.1 Å². The van der Waals surface area contributed by atoms with E-state index in [0.29, 0.717) is 315 Å². The van der Waals surface area contributed by atoms with Crippen LogP contribution in [0, 0.1) is 0 Å². The minimum Gasteiger partial charge on any atom is -0.397 e. The number of para-hydroxylation sites is 3. The molecule has 47 heteroatoms. The van der Waals surface area contributed by atoms with Gasteiger partial charge in [0.1, 0.15) is 43.9 Å². The molecule has 6 amide bonds. The maximum Gasteiger partial charge on any atom is 0.329 e. The Morgan fingerprint density at radius 2 is 0.529 bits per heavy atom. The van der Waals surface area contributed by atoms with Gasteiger partial charge in [0.25, 0.3) is 0 Å². The number of amides is 6. The molecule has 0 saturated carbocycles. The number of carbonyl (C=O) groups is 8. The van der Waals surface area contributed by atoms with E-state index in [4.69, 9.17) is 121 Å². The average Bonchev–Trinajstić information content (AvgIpc) is 1.61. The van der Waals surface area contributed by atoms with Crippen LogP contribution in [0.1, 0.15) is 83.3 Å². The van der Waals surface area contributed by atoms with E-state index in [1.807, 2.05) is 24.3 Å². The number of benzene rings is 3. The second-order valence-electron chi connectivity index (χ2n) is 29.9. The van der Waals surface area contributed by atoms with E-state index < -0.39 is 35.8 Å². The maximum absolute atomic E-state index is 12.9. The molecular weight excluding hydrogens is 1820 g/mol. The number of imide groups is 3. The van der Waals surface area contributed by atoms with Crippen molar-refractivity contribution in [2.24, 2.45) is 21.1 Å². The number of piperidine rings is 3. The predicted octanol–water partition coefficient (Wildman–Crippen LogP) is -0.163. The fourth-order valence-corrected chi connectivity index (χ4v) is 13.3. The van der Waals surface area contributed by atoms with Gasteiger partial charge in [-0.05, 0) is 68.5 Å². The van der Waals surface area contributed by atoms with Crippen molar-refractivity contribution < 1.29 is 154 Å². The van der Waals surface area contributed by atoms with Gasteiger partial charge >= 0.3 is 17.1 Å². The first kappa shape index (κ1) is 121. The van der Waals surface area contributed by atoms with Crippen LogP contribution in [0.5, 0.6) is 0 Å². The molecule has 9 rings (SSSR count). The molecule has 3 atom stereocenters. The lowest BCUT2D eigenvalue weighted by Crippen LogP contribution is -2.44. The number of aliphatic hydroxyl groups is 4. The number of aromatic nitrogens is 6. The number of anilines is 3. The highest BCUT2D eigenvalue weighted by atomic mass is 16.6. The summed E-state index contributed by atoms with van der Waals surface area (Å²) in [5.74, 6) is -2.31. The lowest BCUT2D eigenvalue weighted by atomic mass is 10.1. The van der Waals surface area contributed by atoms with Crippen molar-refractivity contribution in [3.8, 4) is 0 Å². The first-order valence-electron chi connectivity index (χ1n) is 46.5. The van der Waals surface area contributed by atoms with Crippen molar-refractivity contribution >= 4 is 98.2 Å². The standard InChI is InChI=1S/C23H34N4O8.C23H32N4O8.C13H14N4O3.C11H24O5.C11H22O5.C10H22O6/c2*1-26-21-17(24-7-9-32-11-13-34-15-16-35-14-12-33-10-8-28)3-2-4-18(21)27(23(26)31)19-5-6-20(29)25-22(19)30;1-16-11-7(14)3-2-4-8(11)17(13(16)20)9-5-6-10(18)15-12(9)19;2*1-2-4-13-6-8-15-10-11-16-9-7-14-5-3-12;11-1-3-13-5-7-15-9-10-16-8-6-14-4-2-12/h2-4,19,24,28H,5-16H2,1H3,(H,25,29,30);2-4,8,19,24H,5-7,9-16H2,1H3,(H,25,29,30);2-4,9H,5-6,14H2,1H3,(H,15,18,19);12H,2-11H2,1H3;3H,2,4-11H2,1H3;11-12H,1-10H2. The lowest BCUT2D eigenvalue weighted by molar-refractivity contribution is -0.137. The number of aryl methyl sites for hydroxylation is 3. The van der Waals surface area contributed by atoms with E-state index in [0.717, 1.165) is 43.7 Å². The van der Waals surface area contributed by atoms with E-state index in [9.17, 15) is 52.7 Å². The zero-order valence-electron chi connectivity index (χ0n) is 80.5. The Kier molecular flexibility index (Phi) is 68.7. The third-order valence-corrected chi connectivity index (χ3v) is 19.6. The molecule has 6 heterocycles. The number of rotatable bonds is 72. The van der Waals surface area contributed by atoms with Gasteiger partial charge in [-0.1, -0.05) is 32.0 Å². The lowest BCUT2D eigenvalue weighted by Gasteiger charge is -2.22. The van der Waals surface area contributed by atoms with Gasteiger partial charge in [0, 0.05) is 66.7 Å². The predicted molar refractivity (Wildman–Crippen MR) is 505 cm³/mol. The molecule has 3 unspecified atom stereocenters. The highest BCUT2D eigenvalue weighted by molar-refractivity contribution is 6.02. The number of carbonyl (C=O) groups excluding carboxylic acids is 8. The largest absolute Gasteiger partial charge is 0.397 e. The number of ether oxygens (including phenoxy) is 20. The van der Waals surface area contributed by atoms with Gasteiger partial charge in [-0.25, -0.2) is 14.4 Å². The topological polar surface area (TPSA) is 569 Å². The first-order chi connectivity index (χ1) is 67.3. The Morgan fingerprint density at radius 1 is 0.312 bits per heavy atom. The van der Waals surface area contributed by atoms with Crippen LogP contribution in [-0.4, -0.2) is 400 Å². The van der Waals surface area contributed by atoms with E-state index in [-0.39, 0.29) is 93.7 Å². The second-order valence-corrected chi connectivity index (χ2v) is 29.9. The number of nitrogen functional groups attached to an aromatic ring is 1. The number of hydrogen-bond donors (Lipinski definition) is 10. The number of fused-ring (bicyclic) bond motifs is 3. The molecule has 0 radical (unpaired) electrons. The highest BCUT2D eigenvalue weighted by Crippen LogP contribution is 2.30. The van der Waals surface area contributed by atoms with Crippen LogP contribution in [0.25, 0.3) is 33.1 Å². The smallest absolute Gasteiger partial charge is 0.329 e. The molecule has 138 heavy (non-hydrogen) atoms. The fourth-order valence-electron chi connectivity index (χ4n) is 13.3. The molecule has 0 aliphatic carbocycles. The average molecular weight is 1970 g/mol. The van der Waals surface area contributed by atoms with Crippen molar-refractivity contribution in [3.63, 3.8) is 0 Å². The summed E-state index contributed by atoms with van der Waals surface area (Å²) in [5.41, 5.74) is 10.8. The molecule has 3 aromatic heterocycles. The monoisotopic (exact) mass is 1970 g/mol. The Bertz CT molecular complexity index is 4450. The Balaban J connectivity index is 0.000000359. The van der Waals surface area contributed by atoms with Gasteiger partial charge in [0.2, 0.25) is 35.4 Å². The van der Waals surface area contributed by atoms with Gasteiger partial charge in [-0.2, -0.15) is 0 Å². The Hall–Kier alpha value is -9.33. The third-order valence-electron chi connectivity index (χ3n) is 19.6. The first-order valence-corrected chi connectivity index (χ1v) is 46.5. The van der Waals surface area contributed by atoms with Crippen molar-refractivity contribution in [2.75, 3.05) is 320 Å². The molecule has 3 aliphatic rings. The summed E-state index contributed by atoms with van der Waals surface area (Å²) in [5, 5.41) is 47.3. The Labute approximate surface area is 802 Å². The van der Waals surface area contributed by atoms with Crippen LogP contribution in [0.2, 0.25) is 0 Å². The number of imidazole rings is 3. The Morgan fingerprint density at radius 3 is 0.768 bits per heavy atom. The number of nitrogens with one attached hydrogen (secondary N) is 5. The van der Waals surface area contributed by atoms with E-state index in [1.54, 1.807) is 51.5 Å². The van der Waals surface area contributed by atoms with Crippen molar-refractivity contribution in [1.82, 2.24) is 43.4 Å². The SMILES string of the molecule is CCCOCCOCCOCCOCC=O.CCCOCCOCCOCCOCCO.Cn1c(=O)n(C2CCC(=O)NC2=O)c2cccc(N)c21.Cn1c(=O)n(C2CCC(=O)NC2=O)c2cccc(NCCOCCOCCOCCOCC=O)c21.Cn1c(=O)n(C2CCC(=O)NC2=O)c2cccc(NCCOCCOCCOCCOCCO)c21.OCCOCCOCCOCCOCCO. The minimum absolute atomic E-state index is 0.00602. The van der Waals surface area contributed by atoms with E-state index >= 15 is 0 Å². The number of hydrogen-bond acceptors (Lipinski definition) is 38. The summed E-state index contributed by atoms with van der Waals surface area (Å²) in [7, 11) is 4.94. The third kappa shape index (κ3) is 48.7. The van der Waals surface area contributed by atoms with E-state index in [2.05, 4.69) is 40.4 Å². The normalized spacial score (nSPS) is 14.7. The number of nitrogens with two attached hydrogens (primary N) is 1. The molecule has 6 aromatic rings. The summed E-state index contributed by atoms with van der Waals surface area (Å²) in [4.78, 5) is 129. The van der Waals surface area contributed by atoms with Crippen LogP contribution < -0.4 is 49.4 Å². The van der Waals surface area contributed by atoms with Gasteiger partial charge in [-0.15, -0.1) is 0 Å². The minimum atomic E-state index is -0.719. The second kappa shape index (κ2) is 78.4. The molecule has 47 nitrogen and oxygen atoms in total. The van der Waals surface area contributed by atoms with Gasteiger partial charge in [0.05, 0.1) is 314 Å². The van der Waals surface area contributed by atoms with Crippen LogP contribution in [0.4, 0.5) is 17.1 Å². The van der Waals surface area contributed by atoms with E-state index in [1.165, 1.54) is 27.4 Å². The maximum atomic E-state index is 12.9. The van der Waals surface area contributed by atoms with Gasteiger partial charge in [0.15, 0.2) is 0 Å². The molecule has 11 N–H and O–H groups in total. The van der Waals surface area contributed by atoms with Crippen LogP contribution in [0.15, 0.2) is 69.0 Å². The summed E-state index contributed by atoms with van der Waals surface area (Å²) < 4.78 is 113.